The maximum atomic E-state index is 8.56. The molecule has 0 aromatic heterocycles. The summed E-state index contributed by atoms with van der Waals surface area (Å²) in [7, 11) is 0. The van der Waals surface area contributed by atoms with Gasteiger partial charge in [-0.25, -0.2) is 4.21 Å². The number of allylic oxidation sites excluding steroid dienone is 4. The molecule has 5 nitrogen and oxygen atoms in total. The van der Waals surface area contributed by atoms with E-state index in [1.54, 1.807) is 23.9 Å². The highest BCUT2D eigenvalue weighted by Crippen LogP contribution is 1.99. The summed E-state index contributed by atoms with van der Waals surface area (Å²) in [4.78, 5) is 0. The highest BCUT2D eigenvalue weighted by atomic mass is 79.9. The highest BCUT2D eigenvalue weighted by Gasteiger charge is 1.75. The van der Waals surface area contributed by atoms with E-state index in [1.807, 2.05) is 47.5 Å². The third kappa shape index (κ3) is 21.6. The highest BCUT2D eigenvalue weighted by molar-refractivity contribution is 8.93. The second-order valence-corrected chi connectivity index (χ2v) is 3.99. The van der Waals surface area contributed by atoms with E-state index >= 15 is 0 Å². The molecule has 9 heteroatoms. The number of hydrogen-bond acceptors (Lipinski definition) is 6. The van der Waals surface area contributed by atoms with Gasteiger partial charge in [0, 0.05) is 12.4 Å². The van der Waals surface area contributed by atoms with Crippen molar-refractivity contribution in [2.45, 2.75) is 0 Å². The first-order valence-electron chi connectivity index (χ1n) is 3.97. The Morgan fingerprint density at radius 3 is 1.41 bits per heavy atom. The van der Waals surface area contributed by atoms with Crippen molar-refractivity contribution in [2.24, 2.45) is 0 Å². The minimum absolute atomic E-state index is 0. The Hall–Kier alpha value is -0.190. The third-order valence-corrected chi connectivity index (χ3v) is 2.11. The molecule has 1 unspecified atom stereocenters. The Bertz CT molecular complexity index is 256. The van der Waals surface area contributed by atoms with Crippen molar-refractivity contribution in [1.82, 2.24) is 9.44 Å². The summed E-state index contributed by atoms with van der Waals surface area (Å²) < 4.78 is 30.0. The fraction of sp³-hybridized carbons (Fsp3) is 0. The molecular weight excluding hydrogens is 348 g/mol. The lowest BCUT2D eigenvalue weighted by Gasteiger charge is -1.93. The second-order valence-electron chi connectivity index (χ2n) is 2.06. The van der Waals surface area contributed by atoms with Gasteiger partial charge in [-0.05, 0) is 46.9 Å². The molecular formula is C8H12BrN2O3S3-. The lowest BCUT2D eigenvalue weighted by molar-refractivity contribution is 0.436. The molecule has 2 aliphatic heterocycles. The van der Waals surface area contributed by atoms with Gasteiger partial charge in [-0.3, -0.25) is 0 Å². The van der Waals surface area contributed by atoms with Gasteiger partial charge in [0.2, 0.25) is 0 Å². The summed E-state index contributed by atoms with van der Waals surface area (Å²) in [6.07, 6.45) is 11.7. The maximum Gasteiger partial charge on any atom is 0.0814 e. The largest absolute Gasteiger partial charge is 0.750 e. The van der Waals surface area contributed by atoms with Crippen LogP contribution in [0.25, 0.3) is 0 Å². The summed E-state index contributed by atoms with van der Waals surface area (Å²) in [5.41, 5.74) is 0. The SMILES string of the molecule is Br.C1=CNSC=C1.C1=CNSC=C1.O=S([O-])O. The molecule has 17 heavy (non-hydrogen) atoms. The first kappa shape index (κ1) is 19.2. The molecule has 0 aromatic carbocycles. The summed E-state index contributed by atoms with van der Waals surface area (Å²) in [6, 6.07) is 0. The minimum Gasteiger partial charge on any atom is -0.750 e. The fourth-order valence-corrected chi connectivity index (χ4v) is 1.33. The Balaban J connectivity index is 0. The molecule has 2 heterocycles. The predicted octanol–water partition coefficient (Wildman–Crippen LogP) is 2.45. The van der Waals surface area contributed by atoms with Crippen LogP contribution in [0.15, 0.2) is 47.5 Å². The standard InChI is InChI=1S/2C4H5NS.BrH.H2O3S/c2*1-2-4-6-5-3-1;;1-4(2)3/h2*1-5H;1H;(H2,1,2,3)/p-1. The van der Waals surface area contributed by atoms with Crippen molar-refractivity contribution in [3.8, 4) is 0 Å². The quantitative estimate of drug-likeness (QED) is 0.452. The van der Waals surface area contributed by atoms with Gasteiger partial charge >= 0.3 is 0 Å². The van der Waals surface area contributed by atoms with Gasteiger partial charge in [0.25, 0.3) is 0 Å². The first-order valence-corrected chi connectivity index (χ1v) is 6.76. The Kier molecular flexibility index (Phi) is 17.8. The van der Waals surface area contributed by atoms with E-state index < -0.39 is 11.4 Å². The van der Waals surface area contributed by atoms with Gasteiger partial charge in [0.05, 0.1) is 11.4 Å². The zero-order chi connectivity index (χ0) is 12.1. The van der Waals surface area contributed by atoms with E-state index in [9.17, 15) is 0 Å². The van der Waals surface area contributed by atoms with Crippen LogP contribution < -0.4 is 9.44 Å². The van der Waals surface area contributed by atoms with Crippen molar-refractivity contribution in [2.75, 3.05) is 0 Å². The first-order chi connectivity index (χ1) is 7.73. The van der Waals surface area contributed by atoms with Gasteiger partial charge in [0.15, 0.2) is 0 Å². The zero-order valence-corrected chi connectivity index (χ0v) is 12.7. The summed E-state index contributed by atoms with van der Waals surface area (Å²) in [5.74, 6) is 0. The van der Waals surface area contributed by atoms with Crippen LogP contribution in [0.1, 0.15) is 0 Å². The van der Waals surface area contributed by atoms with E-state index in [0.29, 0.717) is 0 Å². The molecule has 98 valence electrons. The lowest BCUT2D eigenvalue weighted by Crippen LogP contribution is -1.88. The molecule has 0 aliphatic carbocycles. The van der Waals surface area contributed by atoms with Gasteiger partial charge < -0.3 is 18.5 Å². The van der Waals surface area contributed by atoms with Crippen LogP contribution in [0.4, 0.5) is 0 Å². The Morgan fingerprint density at radius 2 is 1.35 bits per heavy atom. The van der Waals surface area contributed by atoms with Crippen molar-refractivity contribution >= 4 is 52.2 Å². The third-order valence-electron chi connectivity index (χ3n) is 0.980. The normalized spacial score (nSPS) is 15.9. The van der Waals surface area contributed by atoms with Crippen LogP contribution in [-0.4, -0.2) is 13.3 Å². The average molecular weight is 360 g/mol. The van der Waals surface area contributed by atoms with E-state index in [-0.39, 0.29) is 17.0 Å². The van der Waals surface area contributed by atoms with E-state index in [2.05, 4.69) is 9.44 Å². The zero-order valence-electron chi connectivity index (χ0n) is 8.52. The van der Waals surface area contributed by atoms with Gasteiger partial charge in [0.1, 0.15) is 0 Å². The molecule has 0 aromatic rings. The van der Waals surface area contributed by atoms with Crippen LogP contribution in [-0.2, 0) is 11.4 Å². The second kappa shape index (κ2) is 15.8. The maximum absolute atomic E-state index is 8.56. The molecule has 0 saturated heterocycles. The van der Waals surface area contributed by atoms with Crippen LogP contribution in [0.2, 0.25) is 0 Å². The fourth-order valence-electron chi connectivity index (χ4n) is 0.516. The summed E-state index contributed by atoms with van der Waals surface area (Å²) in [5, 5.41) is 3.97. The number of rotatable bonds is 0. The van der Waals surface area contributed by atoms with Crippen LogP contribution in [0.5, 0.6) is 0 Å². The summed E-state index contributed by atoms with van der Waals surface area (Å²) >= 11 is 0.294. The van der Waals surface area contributed by atoms with Gasteiger partial charge in [-0.15, -0.1) is 17.0 Å². The topological polar surface area (TPSA) is 84.4 Å². The molecule has 0 saturated carbocycles. The molecule has 1 atom stereocenters. The predicted molar refractivity (Wildman–Crippen MR) is 79.9 cm³/mol. The molecule has 0 radical (unpaired) electrons. The number of hydrogen-bond donors (Lipinski definition) is 3. The average Bonchev–Trinajstić information content (AvgIpc) is 2.34. The van der Waals surface area contributed by atoms with Crippen molar-refractivity contribution in [3.63, 3.8) is 0 Å². The molecule has 0 spiro atoms. The van der Waals surface area contributed by atoms with Gasteiger partial charge in [-0.2, -0.15) is 0 Å². The van der Waals surface area contributed by atoms with Crippen molar-refractivity contribution < 1.29 is 13.3 Å². The van der Waals surface area contributed by atoms with Crippen LogP contribution in [0, 0.1) is 0 Å². The molecule has 2 rings (SSSR count). The van der Waals surface area contributed by atoms with E-state index in [1.165, 1.54) is 0 Å². The molecule has 0 amide bonds. The molecule has 3 N–H and O–H groups in total. The van der Waals surface area contributed by atoms with Gasteiger partial charge in [-0.1, -0.05) is 12.2 Å². The molecule has 0 bridgehead atoms. The smallest absolute Gasteiger partial charge is 0.0814 e. The van der Waals surface area contributed by atoms with E-state index in [4.69, 9.17) is 13.3 Å². The van der Waals surface area contributed by atoms with Crippen LogP contribution in [0.3, 0.4) is 0 Å². The number of halogens is 1. The molecule has 0 fully saturated rings. The minimum atomic E-state index is -2.86. The summed E-state index contributed by atoms with van der Waals surface area (Å²) in [6.45, 7) is 0. The monoisotopic (exact) mass is 359 g/mol. The molecule has 2 aliphatic rings. The Labute approximate surface area is 122 Å². The van der Waals surface area contributed by atoms with Crippen LogP contribution >= 0.6 is 40.9 Å². The van der Waals surface area contributed by atoms with Crippen molar-refractivity contribution in [1.29, 1.82) is 0 Å². The van der Waals surface area contributed by atoms with Crippen molar-refractivity contribution in [3.05, 3.63) is 47.5 Å². The lowest BCUT2D eigenvalue weighted by atomic mass is 10.6. The number of nitrogens with one attached hydrogen (secondary N) is 2. The Morgan fingerprint density at radius 1 is 1.00 bits per heavy atom. The van der Waals surface area contributed by atoms with E-state index in [0.717, 1.165) is 0 Å².